The van der Waals surface area contributed by atoms with Crippen molar-refractivity contribution in [2.75, 3.05) is 18.9 Å². The van der Waals surface area contributed by atoms with Crippen LogP contribution in [-0.2, 0) is 29.6 Å². The van der Waals surface area contributed by atoms with Gasteiger partial charge in [0.05, 0.1) is 23.1 Å². The van der Waals surface area contributed by atoms with E-state index in [0.717, 1.165) is 16.8 Å². The van der Waals surface area contributed by atoms with Gasteiger partial charge in [-0.25, -0.2) is 13.4 Å². The van der Waals surface area contributed by atoms with E-state index in [1.165, 1.54) is 4.31 Å². The van der Waals surface area contributed by atoms with Gasteiger partial charge >= 0.3 is 0 Å². The van der Waals surface area contributed by atoms with Gasteiger partial charge in [0.1, 0.15) is 18.4 Å². The highest BCUT2D eigenvalue weighted by Crippen LogP contribution is 2.24. The van der Waals surface area contributed by atoms with Gasteiger partial charge in [-0.3, -0.25) is 0 Å². The Labute approximate surface area is 183 Å². The summed E-state index contributed by atoms with van der Waals surface area (Å²) < 4.78 is 37.6. The van der Waals surface area contributed by atoms with Gasteiger partial charge in [-0.05, 0) is 43.5 Å². The highest BCUT2D eigenvalue weighted by Gasteiger charge is 2.27. The summed E-state index contributed by atoms with van der Waals surface area (Å²) in [5.41, 5.74) is 2.96. The Morgan fingerprint density at radius 2 is 2.10 bits per heavy atom. The van der Waals surface area contributed by atoms with Crippen LogP contribution in [0.3, 0.4) is 0 Å². The molecule has 0 radical (unpaired) electrons. The SMILES string of the molecule is CC(C)Oc1ccc(COc2ccc3c(n2)CCN(S(=O)(=O)CCCO)C3)cc1C#N. The number of aliphatic hydroxyl groups is 1. The number of hydrogen-bond acceptors (Lipinski definition) is 7. The molecule has 0 aliphatic carbocycles. The first kappa shape index (κ1) is 23.0. The van der Waals surface area contributed by atoms with Crippen molar-refractivity contribution >= 4 is 10.0 Å². The summed E-state index contributed by atoms with van der Waals surface area (Å²) in [7, 11) is -3.38. The Hall–Kier alpha value is -2.67. The van der Waals surface area contributed by atoms with Crippen LogP contribution in [0.4, 0.5) is 0 Å². The van der Waals surface area contributed by atoms with Crippen molar-refractivity contribution in [3.8, 4) is 17.7 Å². The zero-order chi connectivity index (χ0) is 22.4. The molecule has 0 unspecified atom stereocenters. The van der Waals surface area contributed by atoms with Crippen LogP contribution in [0.5, 0.6) is 11.6 Å². The van der Waals surface area contributed by atoms with Crippen LogP contribution in [-0.4, -0.2) is 47.8 Å². The van der Waals surface area contributed by atoms with Gasteiger partial charge in [-0.2, -0.15) is 9.57 Å². The molecule has 2 aromatic rings. The third-order valence-electron chi connectivity index (χ3n) is 4.86. The Kier molecular flexibility index (Phi) is 7.49. The van der Waals surface area contributed by atoms with Gasteiger partial charge in [0.15, 0.2) is 0 Å². The Morgan fingerprint density at radius 1 is 1.29 bits per heavy atom. The number of sulfonamides is 1. The van der Waals surface area contributed by atoms with E-state index in [9.17, 15) is 13.7 Å². The molecule has 0 saturated carbocycles. The fourth-order valence-electron chi connectivity index (χ4n) is 3.33. The third kappa shape index (κ3) is 5.94. The minimum Gasteiger partial charge on any atom is -0.490 e. The number of fused-ring (bicyclic) bond motifs is 1. The normalized spacial score (nSPS) is 14.2. The van der Waals surface area contributed by atoms with E-state index in [2.05, 4.69) is 11.1 Å². The molecule has 0 fully saturated rings. The van der Waals surface area contributed by atoms with Crippen LogP contribution in [0.1, 0.15) is 42.7 Å². The third-order valence-corrected chi connectivity index (χ3v) is 6.76. The highest BCUT2D eigenvalue weighted by molar-refractivity contribution is 7.89. The van der Waals surface area contributed by atoms with E-state index in [4.69, 9.17) is 14.6 Å². The number of hydrogen-bond donors (Lipinski definition) is 1. The molecular weight excluding hydrogens is 418 g/mol. The second kappa shape index (κ2) is 10.1. The summed E-state index contributed by atoms with van der Waals surface area (Å²) >= 11 is 0. The topological polar surface area (TPSA) is 113 Å². The molecule has 0 atom stereocenters. The molecule has 9 heteroatoms. The number of nitriles is 1. The molecule has 31 heavy (non-hydrogen) atoms. The molecular formula is C22H27N3O5S. The van der Waals surface area contributed by atoms with Gasteiger partial charge in [-0.1, -0.05) is 12.1 Å². The Morgan fingerprint density at radius 3 is 2.81 bits per heavy atom. The average Bonchev–Trinajstić information content (AvgIpc) is 2.76. The number of pyridine rings is 1. The van der Waals surface area contributed by atoms with Crippen molar-refractivity contribution in [1.82, 2.24) is 9.29 Å². The van der Waals surface area contributed by atoms with Crippen LogP contribution >= 0.6 is 0 Å². The first-order valence-corrected chi connectivity index (χ1v) is 11.8. The Bertz CT molecular complexity index is 1060. The van der Waals surface area contributed by atoms with Crippen molar-refractivity contribution in [2.24, 2.45) is 0 Å². The molecule has 1 aromatic carbocycles. The average molecular weight is 446 g/mol. The van der Waals surface area contributed by atoms with Gasteiger partial charge in [0, 0.05) is 32.2 Å². The van der Waals surface area contributed by atoms with E-state index >= 15 is 0 Å². The smallest absolute Gasteiger partial charge is 0.214 e. The summed E-state index contributed by atoms with van der Waals surface area (Å²) in [6.45, 7) is 4.56. The fraction of sp³-hybridized carbons (Fsp3) is 0.455. The van der Waals surface area contributed by atoms with Crippen LogP contribution in [0.25, 0.3) is 0 Å². The van der Waals surface area contributed by atoms with E-state index in [0.29, 0.717) is 30.2 Å². The molecule has 0 bridgehead atoms. The quantitative estimate of drug-likeness (QED) is 0.630. The molecule has 1 aliphatic rings. The predicted octanol–water partition coefficient (Wildman–Crippen LogP) is 2.39. The van der Waals surface area contributed by atoms with Crippen molar-refractivity contribution in [3.63, 3.8) is 0 Å². The standard InChI is InChI=1S/C22H27N3O5S/c1-16(2)30-21-6-4-17(12-19(21)13-23)15-29-22-7-5-18-14-25(9-8-20(18)24-22)31(27,28)11-3-10-26/h4-7,12,16,26H,3,8-11,14-15H2,1-2H3. The number of aliphatic hydroxyl groups excluding tert-OH is 1. The van der Waals surface area contributed by atoms with E-state index in [1.807, 2.05) is 26.0 Å². The highest BCUT2D eigenvalue weighted by atomic mass is 32.2. The molecule has 1 N–H and O–H groups in total. The maximum atomic E-state index is 12.4. The molecule has 1 aliphatic heterocycles. The van der Waals surface area contributed by atoms with Crippen molar-refractivity contribution < 1.29 is 23.0 Å². The number of aromatic nitrogens is 1. The monoisotopic (exact) mass is 445 g/mol. The van der Waals surface area contributed by atoms with Crippen molar-refractivity contribution in [3.05, 3.63) is 52.7 Å². The summed E-state index contributed by atoms with van der Waals surface area (Å²) in [5.74, 6) is 0.946. The molecule has 8 nitrogen and oxygen atoms in total. The molecule has 2 heterocycles. The first-order valence-electron chi connectivity index (χ1n) is 10.2. The molecule has 0 amide bonds. The van der Waals surface area contributed by atoms with Gasteiger partial charge in [0.2, 0.25) is 15.9 Å². The lowest BCUT2D eigenvalue weighted by Crippen LogP contribution is -2.37. The molecule has 3 rings (SSSR count). The number of benzene rings is 1. The maximum Gasteiger partial charge on any atom is 0.214 e. The lowest BCUT2D eigenvalue weighted by Gasteiger charge is -2.27. The van der Waals surface area contributed by atoms with E-state index in [-0.39, 0.29) is 38.0 Å². The van der Waals surface area contributed by atoms with E-state index < -0.39 is 10.0 Å². The first-order chi connectivity index (χ1) is 14.8. The van der Waals surface area contributed by atoms with Gasteiger partial charge in [0.25, 0.3) is 0 Å². The van der Waals surface area contributed by atoms with Crippen molar-refractivity contribution in [1.29, 1.82) is 5.26 Å². The minimum atomic E-state index is -3.38. The number of rotatable bonds is 9. The van der Waals surface area contributed by atoms with E-state index in [1.54, 1.807) is 18.2 Å². The zero-order valence-corrected chi connectivity index (χ0v) is 18.6. The zero-order valence-electron chi connectivity index (χ0n) is 17.7. The van der Waals surface area contributed by atoms with Crippen LogP contribution in [0, 0.1) is 11.3 Å². The molecule has 0 spiro atoms. The molecule has 166 valence electrons. The van der Waals surface area contributed by atoms with Gasteiger partial charge in [-0.15, -0.1) is 0 Å². The maximum absolute atomic E-state index is 12.4. The van der Waals surface area contributed by atoms with Crippen molar-refractivity contribution in [2.45, 2.75) is 45.9 Å². The van der Waals surface area contributed by atoms with Crippen LogP contribution in [0.2, 0.25) is 0 Å². The lowest BCUT2D eigenvalue weighted by molar-refractivity contribution is 0.241. The second-order valence-corrected chi connectivity index (χ2v) is 9.72. The summed E-state index contributed by atoms with van der Waals surface area (Å²) in [4.78, 5) is 4.53. The van der Waals surface area contributed by atoms with Crippen LogP contribution < -0.4 is 9.47 Å². The largest absolute Gasteiger partial charge is 0.490 e. The van der Waals surface area contributed by atoms with Crippen LogP contribution in [0.15, 0.2) is 30.3 Å². The lowest BCUT2D eigenvalue weighted by atomic mass is 10.1. The summed E-state index contributed by atoms with van der Waals surface area (Å²) in [6, 6.07) is 11.1. The summed E-state index contributed by atoms with van der Waals surface area (Å²) in [6.07, 6.45) is 0.717. The number of nitrogens with zero attached hydrogens (tertiary/aromatic N) is 3. The fourth-order valence-corrected chi connectivity index (χ4v) is 4.79. The molecule has 0 saturated heterocycles. The summed E-state index contributed by atoms with van der Waals surface area (Å²) in [5, 5.41) is 18.3. The number of ether oxygens (including phenoxy) is 2. The minimum absolute atomic E-state index is 0.0190. The molecule has 1 aromatic heterocycles. The Balaban J connectivity index is 1.65. The predicted molar refractivity (Wildman–Crippen MR) is 115 cm³/mol. The second-order valence-electron chi connectivity index (χ2n) is 7.63. The van der Waals surface area contributed by atoms with Gasteiger partial charge < -0.3 is 14.6 Å².